The topological polar surface area (TPSA) is 50.7 Å². The molecule has 2 aromatic rings. The van der Waals surface area contributed by atoms with Gasteiger partial charge in [-0.25, -0.2) is 15.0 Å². The Balaban J connectivity index is 2.43. The van der Waals surface area contributed by atoms with Gasteiger partial charge >= 0.3 is 0 Å². The molecule has 2 aromatic heterocycles. The zero-order valence-electron chi connectivity index (χ0n) is 11.3. The van der Waals surface area contributed by atoms with Gasteiger partial charge < -0.3 is 5.32 Å². The largest absolute Gasteiger partial charge is 0.370 e. The average Bonchev–Trinajstić information content (AvgIpc) is 2.82. The molecule has 0 spiro atoms. The van der Waals surface area contributed by atoms with Crippen LogP contribution in [0.4, 0.5) is 5.82 Å². The van der Waals surface area contributed by atoms with Crippen molar-refractivity contribution in [3.05, 3.63) is 21.8 Å². The lowest BCUT2D eigenvalue weighted by Crippen LogP contribution is -2.09. The van der Waals surface area contributed by atoms with E-state index in [1.807, 2.05) is 6.92 Å². The minimum atomic E-state index is 0.644. The van der Waals surface area contributed by atoms with Crippen LogP contribution in [0.15, 0.2) is 6.20 Å². The third-order valence-corrected chi connectivity index (χ3v) is 3.89. The van der Waals surface area contributed by atoms with Gasteiger partial charge in [-0.1, -0.05) is 36.8 Å². The average molecular weight is 297 g/mol. The van der Waals surface area contributed by atoms with E-state index in [1.165, 1.54) is 16.9 Å². The number of halogens is 1. The number of anilines is 1. The van der Waals surface area contributed by atoms with Crippen LogP contribution in [0.1, 0.15) is 31.5 Å². The van der Waals surface area contributed by atoms with E-state index < -0.39 is 0 Å². The standard InChI is InChI=1S/C13H17ClN4S/c1-4-6-15-11-9(5-2)8(3)17-12(18-11)13-16-7-10(14)19-13/h7H,4-6H2,1-3H3,(H,15,17,18). The van der Waals surface area contributed by atoms with Crippen molar-refractivity contribution in [1.29, 1.82) is 0 Å². The van der Waals surface area contributed by atoms with Crippen molar-refractivity contribution in [1.82, 2.24) is 15.0 Å². The smallest absolute Gasteiger partial charge is 0.190 e. The molecule has 1 N–H and O–H groups in total. The maximum absolute atomic E-state index is 5.92. The molecule has 0 saturated carbocycles. The molecule has 0 aliphatic carbocycles. The molecule has 102 valence electrons. The van der Waals surface area contributed by atoms with Crippen molar-refractivity contribution in [3.63, 3.8) is 0 Å². The number of rotatable bonds is 5. The van der Waals surface area contributed by atoms with E-state index in [0.717, 1.165) is 35.9 Å². The van der Waals surface area contributed by atoms with E-state index in [-0.39, 0.29) is 0 Å². The Kier molecular flexibility index (Phi) is 4.71. The molecule has 19 heavy (non-hydrogen) atoms. The Morgan fingerprint density at radius 1 is 1.32 bits per heavy atom. The van der Waals surface area contributed by atoms with Gasteiger partial charge in [-0.3, -0.25) is 0 Å². The molecule has 2 heterocycles. The summed E-state index contributed by atoms with van der Waals surface area (Å²) in [5, 5.41) is 4.12. The van der Waals surface area contributed by atoms with Crippen molar-refractivity contribution in [3.8, 4) is 10.8 Å². The van der Waals surface area contributed by atoms with Crippen LogP contribution < -0.4 is 5.32 Å². The highest BCUT2D eigenvalue weighted by Gasteiger charge is 2.13. The zero-order chi connectivity index (χ0) is 13.8. The quantitative estimate of drug-likeness (QED) is 0.908. The fourth-order valence-corrected chi connectivity index (χ4v) is 2.71. The molecule has 0 aliphatic rings. The first-order chi connectivity index (χ1) is 9.15. The molecule has 0 amide bonds. The Bertz CT molecular complexity index is 568. The fraction of sp³-hybridized carbons (Fsp3) is 0.462. The lowest BCUT2D eigenvalue weighted by Gasteiger charge is -2.12. The minimum absolute atomic E-state index is 0.644. The third-order valence-electron chi connectivity index (χ3n) is 2.78. The first kappa shape index (κ1) is 14.2. The number of aromatic nitrogens is 3. The second-order valence-electron chi connectivity index (χ2n) is 4.21. The van der Waals surface area contributed by atoms with Crippen LogP contribution in [0.25, 0.3) is 10.8 Å². The summed E-state index contributed by atoms with van der Waals surface area (Å²) in [7, 11) is 0. The molecule has 0 aromatic carbocycles. The maximum atomic E-state index is 5.92. The lowest BCUT2D eigenvalue weighted by atomic mass is 10.1. The van der Waals surface area contributed by atoms with Crippen molar-refractivity contribution in [2.75, 3.05) is 11.9 Å². The van der Waals surface area contributed by atoms with Gasteiger partial charge in [0.1, 0.15) is 10.2 Å². The number of nitrogens with one attached hydrogen (secondary N) is 1. The van der Waals surface area contributed by atoms with Crippen molar-refractivity contribution in [2.24, 2.45) is 0 Å². The molecular formula is C13H17ClN4S. The van der Waals surface area contributed by atoms with Gasteiger partial charge in [-0.15, -0.1) is 0 Å². The fourth-order valence-electron chi connectivity index (χ4n) is 1.86. The number of hydrogen-bond acceptors (Lipinski definition) is 5. The monoisotopic (exact) mass is 296 g/mol. The molecule has 0 bridgehead atoms. The number of hydrogen-bond donors (Lipinski definition) is 1. The summed E-state index contributed by atoms with van der Waals surface area (Å²) in [5.74, 6) is 1.56. The van der Waals surface area contributed by atoms with Crippen LogP contribution in [0, 0.1) is 6.92 Å². The molecule has 6 heteroatoms. The maximum Gasteiger partial charge on any atom is 0.190 e. The van der Waals surface area contributed by atoms with Gasteiger partial charge in [0.25, 0.3) is 0 Å². The predicted molar refractivity (Wildman–Crippen MR) is 81.0 cm³/mol. The SMILES string of the molecule is CCCNc1nc(-c2ncc(Cl)s2)nc(C)c1CC. The second kappa shape index (κ2) is 6.30. The summed E-state index contributed by atoms with van der Waals surface area (Å²) in [6.45, 7) is 7.16. The summed E-state index contributed by atoms with van der Waals surface area (Å²) in [4.78, 5) is 13.4. The van der Waals surface area contributed by atoms with Crippen molar-refractivity contribution < 1.29 is 0 Å². The normalized spacial score (nSPS) is 10.7. The predicted octanol–water partition coefficient (Wildman–Crippen LogP) is 3.95. The summed E-state index contributed by atoms with van der Waals surface area (Å²) in [6, 6.07) is 0. The Hall–Kier alpha value is -1.20. The molecule has 0 aliphatic heterocycles. The number of thiazole rings is 1. The molecule has 0 unspecified atom stereocenters. The summed E-state index contributed by atoms with van der Waals surface area (Å²) in [6.07, 6.45) is 3.61. The van der Waals surface area contributed by atoms with Crippen LogP contribution in [0.5, 0.6) is 0 Å². The first-order valence-electron chi connectivity index (χ1n) is 6.38. The summed E-state index contributed by atoms with van der Waals surface area (Å²) < 4.78 is 0.652. The van der Waals surface area contributed by atoms with Crippen LogP contribution in [-0.4, -0.2) is 21.5 Å². The zero-order valence-corrected chi connectivity index (χ0v) is 12.9. The third kappa shape index (κ3) is 3.22. The molecule has 2 rings (SSSR count). The highest BCUT2D eigenvalue weighted by Crippen LogP contribution is 2.28. The van der Waals surface area contributed by atoms with E-state index in [2.05, 4.69) is 34.1 Å². The van der Waals surface area contributed by atoms with Gasteiger partial charge in [0.05, 0.1) is 6.20 Å². The van der Waals surface area contributed by atoms with Gasteiger partial charge in [0, 0.05) is 17.8 Å². The van der Waals surface area contributed by atoms with E-state index >= 15 is 0 Å². The number of aryl methyl sites for hydroxylation is 1. The van der Waals surface area contributed by atoms with Crippen LogP contribution in [0.2, 0.25) is 4.34 Å². The number of nitrogens with zero attached hydrogens (tertiary/aromatic N) is 3. The lowest BCUT2D eigenvalue weighted by molar-refractivity contribution is 0.938. The highest BCUT2D eigenvalue weighted by atomic mass is 35.5. The first-order valence-corrected chi connectivity index (χ1v) is 7.58. The minimum Gasteiger partial charge on any atom is -0.370 e. The molecule has 0 fully saturated rings. The van der Waals surface area contributed by atoms with E-state index in [0.29, 0.717) is 10.2 Å². The van der Waals surface area contributed by atoms with Crippen LogP contribution in [0.3, 0.4) is 0 Å². The van der Waals surface area contributed by atoms with Crippen LogP contribution >= 0.6 is 22.9 Å². The Labute approximate surface area is 122 Å². The van der Waals surface area contributed by atoms with Crippen LogP contribution in [-0.2, 0) is 6.42 Å². The summed E-state index contributed by atoms with van der Waals surface area (Å²) >= 11 is 7.31. The van der Waals surface area contributed by atoms with Gasteiger partial charge in [-0.2, -0.15) is 0 Å². The molecule has 0 saturated heterocycles. The van der Waals surface area contributed by atoms with Gasteiger partial charge in [0.2, 0.25) is 0 Å². The van der Waals surface area contributed by atoms with E-state index in [1.54, 1.807) is 6.20 Å². The summed E-state index contributed by atoms with van der Waals surface area (Å²) in [5.41, 5.74) is 2.16. The van der Waals surface area contributed by atoms with Gasteiger partial charge in [0.15, 0.2) is 10.8 Å². The molecule has 4 nitrogen and oxygen atoms in total. The Morgan fingerprint density at radius 2 is 2.11 bits per heavy atom. The van der Waals surface area contributed by atoms with E-state index in [9.17, 15) is 0 Å². The van der Waals surface area contributed by atoms with Gasteiger partial charge in [-0.05, 0) is 19.8 Å². The van der Waals surface area contributed by atoms with Crippen molar-refractivity contribution in [2.45, 2.75) is 33.6 Å². The molecule has 0 radical (unpaired) electrons. The second-order valence-corrected chi connectivity index (χ2v) is 5.87. The van der Waals surface area contributed by atoms with Crippen molar-refractivity contribution >= 4 is 28.8 Å². The Morgan fingerprint density at radius 3 is 2.68 bits per heavy atom. The molecular weight excluding hydrogens is 280 g/mol. The van der Waals surface area contributed by atoms with E-state index in [4.69, 9.17) is 11.6 Å². The highest BCUT2D eigenvalue weighted by molar-refractivity contribution is 7.18. The molecule has 0 atom stereocenters.